The maximum atomic E-state index is 10.8. The minimum absolute atomic E-state index is 0.0483. The van der Waals surface area contributed by atoms with Crippen molar-refractivity contribution < 1.29 is 9.90 Å². The van der Waals surface area contributed by atoms with Gasteiger partial charge in [-0.05, 0) is 17.7 Å². The molecule has 2 aromatic heterocycles. The van der Waals surface area contributed by atoms with Crippen LogP contribution < -0.4 is 21.5 Å². The largest absolute Gasteiger partial charge is 0.545 e. The molecule has 0 aliphatic heterocycles. The number of hydrogen-bond donors (Lipinski definition) is 2. The van der Waals surface area contributed by atoms with Crippen LogP contribution in [0.5, 0.6) is 0 Å². The molecule has 0 radical (unpaired) electrons. The minimum atomic E-state index is -1.21. The first-order chi connectivity index (χ1) is 11.4. The monoisotopic (exact) mass is 324 g/mol. The molecule has 122 valence electrons. The topological polar surface area (TPSA) is 147 Å². The molecule has 0 fully saturated rings. The Hall–Kier alpha value is -3.49. The number of nitrogens with zero attached hydrogens (tertiary/aromatic N) is 5. The zero-order valence-corrected chi connectivity index (χ0v) is 12.8. The number of carboxylic acids is 1. The van der Waals surface area contributed by atoms with Crippen molar-refractivity contribution in [1.82, 2.24) is 19.9 Å². The van der Waals surface area contributed by atoms with E-state index in [1.807, 2.05) is 11.9 Å². The normalized spacial score (nSPS) is 10.7. The number of nitrogens with two attached hydrogens (primary N) is 2. The van der Waals surface area contributed by atoms with E-state index in [1.165, 1.54) is 12.1 Å². The Morgan fingerprint density at radius 3 is 2.54 bits per heavy atom. The van der Waals surface area contributed by atoms with Gasteiger partial charge in [-0.25, -0.2) is 9.97 Å². The molecule has 24 heavy (non-hydrogen) atoms. The van der Waals surface area contributed by atoms with Gasteiger partial charge in [0.1, 0.15) is 0 Å². The van der Waals surface area contributed by atoms with E-state index in [9.17, 15) is 9.90 Å². The van der Waals surface area contributed by atoms with Crippen molar-refractivity contribution in [2.75, 3.05) is 23.4 Å². The van der Waals surface area contributed by atoms with Crippen molar-refractivity contribution in [3.05, 3.63) is 41.7 Å². The fourth-order valence-corrected chi connectivity index (χ4v) is 2.25. The molecule has 1 aromatic carbocycles. The third-order valence-corrected chi connectivity index (χ3v) is 3.44. The van der Waals surface area contributed by atoms with Crippen molar-refractivity contribution in [2.24, 2.45) is 0 Å². The highest BCUT2D eigenvalue weighted by Crippen LogP contribution is 2.18. The second-order valence-corrected chi connectivity index (χ2v) is 5.19. The van der Waals surface area contributed by atoms with Crippen molar-refractivity contribution >= 4 is 34.6 Å². The number of rotatable bonds is 4. The van der Waals surface area contributed by atoms with Gasteiger partial charge in [-0.3, -0.25) is 0 Å². The van der Waals surface area contributed by atoms with E-state index in [2.05, 4.69) is 19.9 Å². The summed E-state index contributed by atoms with van der Waals surface area (Å²) in [6.07, 6.45) is 1.58. The first kappa shape index (κ1) is 15.4. The second-order valence-electron chi connectivity index (χ2n) is 5.19. The number of carbonyl (C=O) groups excluding carboxylic acids is 1. The summed E-state index contributed by atoms with van der Waals surface area (Å²) in [5.74, 6) is -0.987. The summed E-state index contributed by atoms with van der Waals surface area (Å²) in [4.78, 5) is 29.1. The molecule has 0 bridgehead atoms. The summed E-state index contributed by atoms with van der Waals surface area (Å²) in [5, 5.41) is 10.8. The number of aromatic carboxylic acids is 1. The Kier molecular flexibility index (Phi) is 3.82. The Morgan fingerprint density at radius 1 is 1.17 bits per heavy atom. The van der Waals surface area contributed by atoms with Gasteiger partial charge in [0, 0.05) is 12.7 Å². The summed E-state index contributed by atoms with van der Waals surface area (Å²) in [6.45, 7) is 0.442. The number of carboxylic acid groups (broad SMARTS) is 1. The highest BCUT2D eigenvalue weighted by molar-refractivity contribution is 5.86. The molecular weight excluding hydrogens is 310 g/mol. The summed E-state index contributed by atoms with van der Waals surface area (Å²) in [5.41, 5.74) is 13.7. The molecule has 2 heterocycles. The van der Waals surface area contributed by atoms with Crippen molar-refractivity contribution in [3.8, 4) is 0 Å². The van der Waals surface area contributed by atoms with Gasteiger partial charge < -0.3 is 26.3 Å². The molecular formula is C15H14N7O2-. The van der Waals surface area contributed by atoms with Crippen LogP contribution in [0.3, 0.4) is 0 Å². The van der Waals surface area contributed by atoms with Crippen LogP contribution in [0.2, 0.25) is 0 Å². The van der Waals surface area contributed by atoms with E-state index < -0.39 is 5.97 Å². The summed E-state index contributed by atoms with van der Waals surface area (Å²) in [6, 6.07) is 6.36. The van der Waals surface area contributed by atoms with Gasteiger partial charge in [0.2, 0.25) is 5.95 Å². The van der Waals surface area contributed by atoms with Crippen LogP contribution in [-0.4, -0.2) is 33.0 Å². The average Bonchev–Trinajstić information content (AvgIpc) is 2.55. The van der Waals surface area contributed by atoms with Gasteiger partial charge in [-0.1, -0.05) is 12.1 Å². The van der Waals surface area contributed by atoms with Crippen LogP contribution in [0.4, 0.5) is 17.5 Å². The highest BCUT2D eigenvalue weighted by atomic mass is 16.4. The molecule has 9 heteroatoms. The van der Waals surface area contributed by atoms with Gasteiger partial charge in [-0.15, -0.1) is 0 Å². The van der Waals surface area contributed by atoms with Crippen LogP contribution in [0.1, 0.15) is 16.1 Å². The van der Waals surface area contributed by atoms with E-state index in [0.29, 0.717) is 23.4 Å². The lowest BCUT2D eigenvalue weighted by molar-refractivity contribution is -0.255. The summed E-state index contributed by atoms with van der Waals surface area (Å²) >= 11 is 0. The predicted molar refractivity (Wildman–Crippen MR) is 86.8 cm³/mol. The lowest BCUT2D eigenvalue weighted by Crippen LogP contribution is -2.22. The molecule has 9 nitrogen and oxygen atoms in total. The first-order valence-corrected chi connectivity index (χ1v) is 7.01. The van der Waals surface area contributed by atoms with Crippen molar-refractivity contribution in [2.45, 2.75) is 6.54 Å². The lowest BCUT2D eigenvalue weighted by Gasteiger charge is -2.19. The van der Waals surface area contributed by atoms with Crippen molar-refractivity contribution in [3.63, 3.8) is 0 Å². The van der Waals surface area contributed by atoms with Crippen molar-refractivity contribution in [1.29, 1.82) is 0 Å². The van der Waals surface area contributed by atoms with Crippen LogP contribution >= 0.6 is 0 Å². The highest BCUT2D eigenvalue weighted by Gasteiger charge is 2.09. The molecule has 3 rings (SSSR count). The Bertz CT molecular complexity index is 912. The molecule has 0 unspecified atom stereocenters. The SMILES string of the molecule is CN(Cc1cnc2nc(N)nc(N)c2n1)c1ccc(C(=O)[O-])cc1. The molecule has 0 aliphatic rings. The first-order valence-electron chi connectivity index (χ1n) is 7.01. The molecule has 3 aromatic rings. The van der Waals surface area contributed by atoms with Gasteiger partial charge in [0.05, 0.1) is 24.4 Å². The van der Waals surface area contributed by atoms with Crippen LogP contribution in [-0.2, 0) is 6.54 Å². The van der Waals surface area contributed by atoms with Crippen LogP contribution in [0.25, 0.3) is 11.2 Å². The summed E-state index contributed by atoms with van der Waals surface area (Å²) < 4.78 is 0. The summed E-state index contributed by atoms with van der Waals surface area (Å²) in [7, 11) is 1.85. The third kappa shape index (κ3) is 3.00. The fourth-order valence-electron chi connectivity index (χ4n) is 2.25. The molecule has 0 saturated heterocycles. The second kappa shape index (κ2) is 5.95. The number of anilines is 3. The van der Waals surface area contributed by atoms with E-state index in [-0.39, 0.29) is 17.3 Å². The van der Waals surface area contributed by atoms with E-state index in [4.69, 9.17) is 11.5 Å². The van der Waals surface area contributed by atoms with Crippen LogP contribution in [0, 0.1) is 0 Å². The standard InChI is InChI=1S/C15H15N7O2/c1-22(10-4-2-8(3-5-10)14(23)24)7-9-6-18-13-11(19-9)12(16)20-15(17)21-13/h2-6H,7H2,1H3,(H,23,24)(H4,16,17,18,20,21)/p-1. The van der Waals surface area contributed by atoms with Gasteiger partial charge in [0.15, 0.2) is 17.0 Å². The van der Waals surface area contributed by atoms with Gasteiger partial charge >= 0.3 is 0 Å². The zero-order chi connectivity index (χ0) is 17.3. The molecule has 0 saturated carbocycles. The van der Waals surface area contributed by atoms with E-state index in [1.54, 1.807) is 18.3 Å². The molecule has 0 spiro atoms. The molecule has 0 amide bonds. The number of fused-ring (bicyclic) bond motifs is 1. The maximum absolute atomic E-state index is 10.8. The lowest BCUT2D eigenvalue weighted by atomic mass is 10.2. The number of hydrogen-bond acceptors (Lipinski definition) is 9. The average molecular weight is 324 g/mol. The fraction of sp³-hybridized carbons (Fsp3) is 0.133. The predicted octanol–water partition coefficient (Wildman–Crippen LogP) is -0.416. The zero-order valence-electron chi connectivity index (χ0n) is 12.8. The maximum Gasteiger partial charge on any atom is 0.224 e. The number of nitrogen functional groups attached to an aromatic ring is 2. The van der Waals surface area contributed by atoms with Gasteiger partial charge in [-0.2, -0.15) is 9.97 Å². The van der Waals surface area contributed by atoms with Crippen LogP contribution in [0.15, 0.2) is 30.5 Å². The smallest absolute Gasteiger partial charge is 0.224 e. The molecule has 4 N–H and O–H groups in total. The minimum Gasteiger partial charge on any atom is -0.545 e. The quantitative estimate of drug-likeness (QED) is 0.653. The number of aromatic nitrogens is 4. The third-order valence-electron chi connectivity index (χ3n) is 3.44. The Balaban J connectivity index is 1.84. The molecule has 0 aliphatic carbocycles. The Labute approximate surface area is 137 Å². The number of benzene rings is 1. The van der Waals surface area contributed by atoms with E-state index >= 15 is 0 Å². The number of carbonyl (C=O) groups is 1. The molecule has 0 atom stereocenters. The Morgan fingerprint density at radius 2 is 1.88 bits per heavy atom. The van der Waals surface area contributed by atoms with Gasteiger partial charge in [0.25, 0.3) is 0 Å². The van der Waals surface area contributed by atoms with E-state index in [0.717, 1.165) is 5.69 Å².